The first-order chi connectivity index (χ1) is 14.1. The summed E-state index contributed by atoms with van der Waals surface area (Å²) < 4.78 is 5.20. The standard InChI is InChI=1S/C19H25N7O3/c1-26-14(4-5-15(26)10-21-18(28)13-6-7-22-23-9-13)8-17(27)20-11-16-24-19(29-25-16)12-2-3-12/h6-7,9,12,14-15H,2-5,8,10-11H2,1H3,(H,20,27)(H,21,28)/t14-,15+/m1/s1. The van der Waals surface area contributed by atoms with E-state index in [9.17, 15) is 9.59 Å². The van der Waals surface area contributed by atoms with E-state index in [1.54, 1.807) is 6.07 Å². The highest BCUT2D eigenvalue weighted by Crippen LogP contribution is 2.38. The second-order valence-electron chi connectivity index (χ2n) is 7.70. The maximum atomic E-state index is 12.3. The molecular formula is C19H25N7O3. The summed E-state index contributed by atoms with van der Waals surface area (Å²) in [6.45, 7) is 0.813. The van der Waals surface area contributed by atoms with E-state index in [1.807, 2.05) is 7.05 Å². The summed E-state index contributed by atoms with van der Waals surface area (Å²) in [5.74, 6) is 1.40. The molecule has 0 radical (unpaired) electrons. The first kappa shape index (κ1) is 19.4. The van der Waals surface area contributed by atoms with Gasteiger partial charge in [0, 0.05) is 31.0 Å². The molecule has 2 aliphatic rings. The Morgan fingerprint density at radius 3 is 2.76 bits per heavy atom. The lowest BCUT2D eigenvalue weighted by Gasteiger charge is -2.25. The molecule has 1 saturated heterocycles. The van der Waals surface area contributed by atoms with Crippen molar-refractivity contribution in [3.8, 4) is 0 Å². The van der Waals surface area contributed by atoms with Crippen molar-refractivity contribution in [1.82, 2.24) is 35.9 Å². The van der Waals surface area contributed by atoms with Crippen LogP contribution in [0, 0.1) is 0 Å². The van der Waals surface area contributed by atoms with E-state index >= 15 is 0 Å². The third kappa shape index (κ3) is 4.94. The van der Waals surface area contributed by atoms with Gasteiger partial charge in [0.2, 0.25) is 11.8 Å². The van der Waals surface area contributed by atoms with Crippen molar-refractivity contribution < 1.29 is 14.1 Å². The molecule has 0 spiro atoms. The minimum absolute atomic E-state index is 0.0350. The number of carbonyl (C=O) groups excluding carboxylic acids is 2. The molecule has 2 fully saturated rings. The monoisotopic (exact) mass is 399 g/mol. The quantitative estimate of drug-likeness (QED) is 0.662. The molecule has 1 aliphatic carbocycles. The number of hydrogen-bond acceptors (Lipinski definition) is 8. The molecule has 2 atom stereocenters. The molecule has 1 aliphatic heterocycles. The van der Waals surface area contributed by atoms with Gasteiger partial charge in [-0.25, -0.2) is 0 Å². The first-order valence-corrected chi connectivity index (χ1v) is 9.96. The minimum atomic E-state index is -0.167. The number of rotatable bonds is 8. The van der Waals surface area contributed by atoms with Crippen LogP contribution >= 0.6 is 0 Å². The Morgan fingerprint density at radius 2 is 2.00 bits per heavy atom. The van der Waals surface area contributed by atoms with Crippen LogP contribution in [0.25, 0.3) is 0 Å². The zero-order valence-electron chi connectivity index (χ0n) is 16.4. The van der Waals surface area contributed by atoms with E-state index in [1.165, 1.54) is 12.4 Å². The Bertz CT molecular complexity index is 852. The Labute approximate surface area is 168 Å². The van der Waals surface area contributed by atoms with Crippen molar-refractivity contribution in [1.29, 1.82) is 0 Å². The molecule has 1 saturated carbocycles. The third-order valence-corrected chi connectivity index (χ3v) is 5.60. The third-order valence-electron chi connectivity index (χ3n) is 5.60. The van der Waals surface area contributed by atoms with Crippen LogP contribution in [-0.4, -0.2) is 62.7 Å². The number of aromatic nitrogens is 4. The van der Waals surface area contributed by atoms with Crippen molar-refractivity contribution in [2.45, 2.75) is 56.7 Å². The highest BCUT2D eigenvalue weighted by molar-refractivity contribution is 5.93. The predicted molar refractivity (Wildman–Crippen MR) is 102 cm³/mol. The van der Waals surface area contributed by atoms with Gasteiger partial charge in [-0.15, -0.1) is 0 Å². The summed E-state index contributed by atoms with van der Waals surface area (Å²) >= 11 is 0. The molecule has 0 bridgehead atoms. The van der Waals surface area contributed by atoms with E-state index in [4.69, 9.17) is 4.52 Å². The van der Waals surface area contributed by atoms with Gasteiger partial charge in [0.15, 0.2) is 5.82 Å². The molecule has 2 aromatic heterocycles. The van der Waals surface area contributed by atoms with Gasteiger partial charge in [-0.3, -0.25) is 14.5 Å². The van der Waals surface area contributed by atoms with Crippen LogP contribution in [-0.2, 0) is 11.3 Å². The van der Waals surface area contributed by atoms with Gasteiger partial charge in [0.05, 0.1) is 24.5 Å². The minimum Gasteiger partial charge on any atom is -0.350 e. The Hall–Kier alpha value is -2.88. The van der Waals surface area contributed by atoms with Gasteiger partial charge < -0.3 is 15.2 Å². The van der Waals surface area contributed by atoms with Gasteiger partial charge in [-0.2, -0.15) is 15.2 Å². The Morgan fingerprint density at radius 1 is 1.17 bits per heavy atom. The average molecular weight is 399 g/mol. The number of carbonyl (C=O) groups is 2. The topological polar surface area (TPSA) is 126 Å². The molecule has 0 aromatic carbocycles. The zero-order valence-corrected chi connectivity index (χ0v) is 16.4. The van der Waals surface area contributed by atoms with Gasteiger partial charge in [-0.05, 0) is 38.8 Å². The molecule has 29 heavy (non-hydrogen) atoms. The fourth-order valence-electron chi connectivity index (χ4n) is 3.62. The summed E-state index contributed by atoms with van der Waals surface area (Å²) in [5.41, 5.74) is 0.489. The van der Waals surface area contributed by atoms with Crippen LogP contribution < -0.4 is 10.6 Å². The van der Waals surface area contributed by atoms with E-state index in [0.717, 1.165) is 25.7 Å². The lowest BCUT2D eigenvalue weighted by atomic mass is 10.1. The highest BCUT2D eigenvalue weighted by atomic mass is 16.5. The summed E-state index contributed by atoms with van der Waals surface area (Å²) in [6.07, 6.45) is 7.38. The molecule has 2 aromatic rings. The highest BCUT2D eigenvalue weighted by Gasteiger charge is 2.32. The van der Waals surface area contributed by atoms with Crippen LogP contribution in [0.5, 0.6) is 0 Å². The number of hydrogen-bond donors (Lipinski definition) is 2. The maximum absolute atomic E-state index is 12.3. The summed E-state index contributed by atoms with van der Waals surface area (Å²) in [6, 6.07) is 1.97. The number of amides is 2. The van der Waals surface area contributed by atoms with Gasteiger partial charge in [0.25, 0.3) is 5.91 Å². The van der Waals surface area contributed by atoms with Crippen LogP contribution in [0.4, 0.5) is 0 Å². The Kier molecular flexibility index (Phi) is 5.79. The lowest BCUT2D eigenvalue weighted by molar-refractivity contribution is -0.122. The predicted octanol–water partition coefficient (Wildman–Crippen LogP) is 0.636. The van der Waals surface area contributed by atoms with Crippen molar-refractivity contribution in [2.75, 3.05) is 13.6 Å². The van der Waals surface area contributed by atoms with Gasteiger partial charge >= 0.3 is 0 Å². The molecule has 154 valence electrons. The smallest absolute Gasteiger partial charge is 0.253 e. The number of likely N-dealkylation sites (tertiary alicyclic amines) is 1. The van der Waals surface area contributed by atoms with Crippen molar-refractivity contribution in [2.24, 2.45) is 0 Å². The van der Waals surface area contributed by atoms with Gasteiger partial charge in [-0.1, -0.05) is 5.16 Å². The second kappa shape index (κ2) is 8.64. The second-order valence-corrected chi connectivity index (χ2v) is 7.70. The molecule has 0 unspecified atom stereocenters. The molecule has 2 amide bonds. The fourth-order valence-corrected chi connectivity index (χ4v) is 3.62. The van der Waals surface area contributed by atoms with E-state index in [2.05, 4.69) is 35.9 Å². The first-order valence-electron chi connectivity index (χ1n) is 9.96. The average Bonchev–Trinajstić information content (AvgIpc) is 3.39. The van der Waals surface area contributed by atoms with Crippen LogP contribution in [0.2, 0.25) is 0 Å². The maximum Gasteiger partial charge on any atom is 0.253 e. The summed E-state index contributed by atoms with van der Waals surface area (Å²) in [4.78, 5) is 31.0. The van der Waals surface area contributed by atoms with E-state index in [0.29, 0.717) is 36.2 Å². The molecule has 3 heterocycles. The molecule has 10 nitrogen and oxygen atoms in total. The van der Waals surface area contributed by atoms with Crippen LogP contribution in [0.15, 0.2) is 23.0 Å². The number of nitrogens with one attached hydrogen (secondary N) is 2. The SMILES string of the molecule is CN1[C@@H](CC(=O)NCc2noc(C3CC3)n2)CC[C@H]1CNC(=O)c1ccnnc1. The van der Waals surface area contributed by atoms with Crippen molar-refractivity contribution in [3.63, 3.8) is 0 Å². The summed E-state index contributed by atoms with van der Waals surface area (Å²) in [7, 11) is 2.00. The zero-order chi connectivity index (χ0) is 20.2. The van der Waals surface area contributed by atoms with E-state index < -0.39 is 0 Å². The molecule has 4 rings (SSSR count). The largest absolute Gasteiger partial charge is 0.350 e. The van der Waals surface area contributed by atoms with Crippen molar-refractivity contribution in [3.05, 3.63) is 35.7 Å². The van der Waals surface area contributed by atoms with Crippen LogP contribution in [0.3, 0.4) is 0 Å². The van der Waals surface area contributed by atoms with E-state index in [-0.39, 0.29) is 30.4 Å². The number of nitrogens with zero attached hydrogens (tertiary/aromatic N) is 5. The summed E-state index contributed by atoms with van der Waals surface area (Å²) in [5, 5.41) is 17.1. The number of likely N-dealkylation sites (N-methyl/N-ethyl adjacent to an activating group) is 1. The molecular weight excluding hydrogens is 374 g/mol. The Balaban J connectivity index is 1.19. The normalized spacial score (nSPS) is 21.8. The molecule has 10 heteroatoms. The molecule has 2 N–H and O–H groups in total. The van der Waals surface area contributed by atoms with Gasteiger partial charge in [0.1, 0.15) is 0 Å². The van der Waals surface area contributed by atoms with Crippen LogP contribution in [0.1, 0.15) is 60.1 Å². The lowest BCUT2D eigenvalue weighted by Crippen LogP contribution is -2.42. The van der Waals surface area contributed by atoms with Crippen molar-refractivity contribution >= 4 is 11.8 Å². The fraction of sp³-hybridized carbons (Fsp3) is 0.579.